The number of benzene rings is 1. The monoisotopic (exact) mass is 296 g/mol. The number of alkyl halides is 1. The van der Waals surface area contributed by atoms with Gasteiger partial charge in [-0.2, -0.15) is 0 Å². The van der Waals surface area contributed by atoms with Crippen LogP contribution in [0, 0.1) is 0 Å². The fraction of sp³-hybridized carbons (Fsp3) is 0.357. The Labute approximate surface area is 111 Å². The Morgan fingerprint density at radius 2 is 2.06 bits per heavy atom. The number of carbonyl (C=O) groups is 1. The highest BCUT2D eigenvalue weighted by atomic mass is 79.9. The molecule has 1 rings (SSSR count). The van der Waals surface area contributed by atoms with Crippen LogP contribution in [-0.2, 0) is 9.53 Å². The standard InChI is InChI=1S/C14H17BrO2/c1-11(13-6-4-3-5-7-13)10-14(8-9-15)17-12(2)16/h3-7,14H,1,8-10H2,2H3. The van der Waals surface area contributed by atoms with Gasteiger partial charge in [0.25, 0.3) is 0 Å². The van der Waals surface area contributed by atoms with Crippen molar-refractivity contribution in [2.75, 3.05) is 5.33 Å². The molecule has 1 atom stereocenters. The van der Waals surface area contributed by atoms with Gasteiger partial charge in [-0.15, -0.1) is 0 Å². The third kappa shape index (κ3) is 5.18. The summed E-state index contributed by atoms with van der Waals surface area (Å²) < 4.78 is 5.25. The van der Waals surface area contributed by atoms with Gasteiger partial charge in [-0.3, -0.25) is 4.79 Å². The second-order valence-electron chi connectivity index (χ2n) is 3.88. The average molecular weight is 297 g/mol. The Morgan fingerprint density at radius 3 is 2.59 bits per heavy atom. The predicted octanol–water partition coefficient (Wildman–Crippen LogP) is 3.81. The summed E-state index contributed by atoms with van der Waals surface area (Å²) in [6.07, 6.45) is 1.38. The van der Waals surface area contributed by atoms with Gasteiger partial charge in [0.2, 0.25) is 0 Å². The SMILES string of the molecule is C=C(CC(CCBr)OC(C)=O)c1ccccc1. The molecule has 0 saturated heterocycles. The highest BCUT2D eigenvalue weighted by molar-refractivity contribution is 9.09. The van der Waals surface area contributed by atoms with Crippen molar-refractivity contribution < 1.29 is 9.53 Å². The van der Waals surface area contributed by atoms with E-state index in [1.807, 2.05) is 30.3 Å². The third-order valence-corrected chi connectivity index (χ3v) is 2.88. The number of ether oxygens (including phenoxy) is 1. The zero-order valence-corrected chi connectivity index (χ0v) is 11.6. The first-order chi connectivity index (χ1) is 8.13. The number of halogens is 1. The molecule has 1 unspecified atom stereocenters. The van der Waals surface area contributed by atoms with Crippen molar-refractivity contribution in [2.45, 2.75) is 25.9 Å². The van der Waals surface area contributed by atoms with Gasteiger partial charge in [-0.05, 0) is 17.6 Å². The quantitative estimate of drug-likeness (QED) is 0.589. The van der Waals surface area contributed by atoms with E-state index in [-0.39, 0.29) is 12.1 Å². The van der Waals surface area contributed by atoms with E-state index in [0.717, 1.165) is 22.9 Å². The molecule has 0 radical (unpaired) electrons. The Kier molecular flexibility index (Phi) is 5.98. The summed E-state index contributed by atoms with van der Waals surface area (Å²) in [6.45, 7) is 5.48. The molecule has 1 aromatic rings. The molecule has 1 aromatic carbocycles. The van der Waals surface area contributed by atoms with Gasteiger partial charge in [0, 0.05) is 18.7 Å². The second-order valence-corrected chi connectivity index (χ2v) is 4.68. The molecule has 17 heavy (non-hydrogen) atoms. The van der Waals surface area contributed by atoms with E-state index in [1.54, 1.807) is 0 Å². The van der Waals surface area contributed by atoms with Crippen LogP contribution in [-0.4, -0.2) is 17.4 Å². The van der Waals surface area contributed by atoms with Crippen LogP contribution in [0.15, 0.2) is 36.9 Å². The molecule has 0 N–H and O–H groups in total. The molecule has 0 spiro atoms. The zero-order chi connectivity index (χ0) is 12.7. The van der Waals surface area contributed by atoms with Crippen molar-refractivity contribution >= 4 is 27.5 Å². The molecule has 0 aliphatic rings. The van der Waals surface area contributed by atoms with E-state index >= 15 is 0 Å². The van der Waals surface area contributed by atoms with Crippen LogP contribution in [0.4, 0.5) is 0 Å². The molecule has 3 heteroatoms. The molecular weight excluding hydrogens is 280 g/mol. The van der Waals surface area contributed by atoms with Gasteiger partial charge in [-0.1, -0.05) is 52.8 Å². The lowest BCUT2D eigenvalue weighted by Crippen LogP contribution is -2.17. The second kappa shape index (κ2) is 7.28. The molecule has 2 nitrogen and oxygen atoms in total. The topological polar surface area (TPSA) is 26.3 Å². The van der Waals surface area contributed by atoms with E-state index < -0.39 is 0 Å². The Bertz CT molecular complexity index is 373. The number of hydrogen-bond acceptors (Lipinski definition) is 2. The van der Waals surface area contributed by atoms with Gasteiger partial charge < -0.3 is 4.74 Å². The minimum Gasteiger partial charge on any atom is -0.462 e. The van der Waals surface area contributed by atoms with Crippen LogP contribution in [0.2, 0.25) is 0 Å². The normalized spacial score (nSPS) is 11.9. The maximum Gasteiger partial charge on any atom is 0.302 e. The van der Waals surface area contributed by atoms with Crippen molar-refractivity contribution in [3.8, 4) is 0 Å². The van der Waals surface area contributed by atoms with Crippen LogP contribution < -0.4 is 0 Å². The van der Waals surface area contributed by atoms with Crippen LogP contribution in [0.3, 0.4) is 0 Å². The van der Waals surface area contributed by atoms with Crippen LogP contribution in [0.1, 0.15) is 25.3 Å². The summed E-state index contributed by atoms with van der Waals surface area (Å²) in [5, 5.41) is 0.813. The Balaban J connectivity index is 2.60. The summed E-state index contributed by atoms with van der Waals surface area (Å²) in [4.78, 5) is 11.0. The number of esters is 1. The molecule has 0 aromatic heterocycles. The molecule has 0 heterocycles. The number of rotatable bonds is 6. The van der Waals surface area contributed by atoms with Gasteiger partial charge in [0.15, 0.2) is 0 Å². The summed E-state index contributed by atoms with van der Waals surface area (Å²) in [5.74, 6) is -0.239. The van der Waals surface area contributed by atoms with Crippen molar-refractivity contribution in [2.24, 2.45) is 0 Å². The fourth-order valence-corrected chi connectivity index (χ4v) is 2.14. The first-order valence-electron chi connectivity index (χ1n) is 5.60. The number of carbonyl (C=O) groups excluding carboxylic acids is 1. The molecule has 0 amide bonds. The van der Waals surface area contributed by atoms with Crippen molar-refractivity contribution in [3.63, 3.8) is 0 Å². The van der Waals surface area contributed by atoms with Crippen LogP contribution in [0.5, 0.6) is 0 Å². The Hall–Kier alpha value is -1.09. The summed E-state index contributed by atoms with van der Waals surface area (Å²) in [7, 11) is 0. The molecule has 0 fully saturated rings. The lowest BCUT2D eigenvalue weighted by atomic mass is 10.0. The fourth-order valence-electron chi connectivity index (χ4n) is 1.63. The highest BCUT2D eigenvalue weighted by Gasteiger charge is 2.13. The van der Waals surface area contributed by atoms with Crippen molar-refractivity contribution in [1.29, 1.82) is 0 Å². The van der Waals surface area contributed by atoms with Crippen LogP contribution >= 0.6 is 15.9 Å². The lowest BCUT2D eigenvalue weighted by Gasteiger charge is -2.17. The van der Waals surface area contributed by atoms with Gasteiger partial charge >= 0.3 is 5.97 Å². The van der Waals surface area contributed by atoms with E-state index in [9.17, 15) is 4.79 Å². The first kappa shape index (κ1) is 14.0. The molecule has 0 aliphatic heterocycles. The number of hydrogen-bond donors (Lipinski definition) is 0. The predicted molar refractivity (Wildman–Crippen MR) is 74.1 cm³/mol. The third-order valence-electron chi connectivity index (χ3n) is 2.42. The van der Waals surface area contributed by atoms with Crippen molar-refractivity contribution in [3.05, 3.63) is 42.5 Å². The van der Waals surface area contributed by atoms with E-state index in [0.29, 0.717) is 6.42 Å². The largest absolute Gasteiger partial charge is 0.462 e. The van der Waals surface area contributed by atoms with E-state index in [1.165, 1.54) is 6.92 Å². The van der Waals surface area contributed by atoms with E-state index in [4.69, 9.17) is 4.74 Å². The first-order valence-corrected chi connectivity index (χ1v) is 6.72. The maximum absolute atomic E-state index is 11.0. The minimum absolute atomic E-state index is 0.0976. The molecule has 0 bridgehead atoms. The Morgan fingerprint density at radius 1 is 1.41 bits per heavy atom. The van der Waals surface area contributed by atoms with Gasteiger partial charge in [-0.25, -0.2) is 0 Å². The molecule has 92 valence electrons. The molecule has 0 aliphatic carbocycles. The van der Waals surface area contributed by atoms with Crippen molar-refractivity contribution in [1.82, 2.24) is 0 Å². The summed E-state index contributed by atoms with van der Waals surface area (Å²) >= 11 is 3.37. The van der Waals surface area contributed by atoms with Crippen LogP contribution in [0.25, 0.3) is 5.57 Å². The van der Waals surface area contributed by atoms with Gasteiger partial charge in [0.05, 0.1) is 0 Å². The summed E-state index contributed by atoms with van der Waals surface area (Å²) in [5.41, 5.74) is 2.09. The average Bonchev–Trinajstić information content (AvgIpc) is 2.29. The van der Waals surface area contributed by atoms with Gasteiger partial charge in [0.1, 0.15) is 6.10 Å². The van der Waals surface area contributed by atoms with E-state index in [2.05, 4.69) is 22.5 Å². The minimum atomic E-state index is -0.239. The zero-order valence-electron chi connectivity index (χ0n) is 9.99. The summed E-state index contributed by atoms with van der Waals surface area (Å²) in [6, 6.07) is 9.96. The maximum atomic E-state index is 11.0. The molecular formula is C14H17BrO2. The molecule has 0 saturated carbocycles. The smallest absolute Gasteiger partial charge is 0.302 e. The highest BCUT2D eigenvalue weighted by Crippen LogP contribution is 2.21. The lowest BCUT2D eigenvalue weighted by molar-refractivity contribution is -0.146.